The molecule has 1 N–H and O–H groups in total. The van der Waals surface area contributed by atoms with Crippen LogP contribution in [-0.2, 0) is 5.60 Å². The summed E-state index contributed by atoms with van der Waals surface area (Å²) in [6.45, 7) is 10.1. The van der Waals surface area contributed by atoms with Crippen molar-refractivity contribution in [3.05, 3.63) is 35.4 Å². The Hall–Kier alpha value is -1.24. The fourth-order valence-electron chi connectivity index (χ4n) is 3.05. The highest BCUT2D eigenvalue weighted by Crippen LogP contribution is 2.50. The van der Waals surface area contributed by atoms with Gasteiger partial charge in [0.15, 0.2) is 0 Å². The summed E-state index contributed by atoms with van der Waals surface area (Å²) < 4.78 is 77.9. The first-order chi connectivity index (χ1) is 11.5. The van der Waals surface area contributed by atoms with Gasteiger partial charge >= 0.3 is 12.4 Å². The van der Waals surface area contributed by atoms with Gasteiger partial charge in [-0.05, 0) is 29.2 Å². The SMILES string of the molecule is CCC(C)C(CC(C)(C)C)c1ccc(C(O)(C(F)(F)F)C(F)(F)F)cc1. The summed E-state index contributed by atoms with van der Waals surface area (Å²) in [5.74, 6) is 0.211. The second-order valence-corrected chi connectivity index (χ2v) is 8.08. The molecule has 1 aromatic rings. The lowest BCUT2D eigenvalue weighted by Crippen LogP contribution is -2.53. The van der Waals surface area contributed by atoms with Crippen LogP contribution in [0.1, 0.15) is 64.5 Å². The van der Waals surface area contributed by atoms with E-state index in [-0.39, 0.29) is 17.3 Å². The van der Waals surface area contributed by atoms with Crippen molar-refractivity contribution in [1.29, 1.82) is 0 Å². The number of hydrogen-bond donors (Lipinski definition) is 1. The topological polar surface area (TPSA) is 20.2 Å². The number of hydrogen-bond acceptors (Lipinski definition) is 1. The van der Waals surface area contributed by atoms with E-state index in [0.717, 1.165) is 25.0 Å². The molecule has 1 nitrogen and oxygen atoms in total. The van der Waals surface area contributed by atoms with Gasteiger partial charge < -0.3 is 5.11 Å². The Balaban J connectivity index is 3.35. The maximum absolute atomic E-state index is 13.0. The summed E-state index contributed by atoms with van der Waals surface area (Å²) in [5, 5.41) is 9.48. The summed E-state index contributed by atoms with van der Waals surface area (Å²) >= 11 is 0. The Kier molecular flexibility index (Phi) is 6.50. The molecule has 2 unspecified atom stereocenters. The molecule has 150 valence electrons. The van der Waals surface area contributed by atoms with Gasteiger partial charge in [0, 0.05) is 5.56 Å². The Labute approximate surface area is 150 Å². The Bertz CT molecular complexity index is 566. The fraction of sp³-hybridized carbons (Fsp3) is 0.684. The van der Waals surface area contributed by atoms with Crippen LogP contribution in [0.25, 0.3) is 0 Å². The molecule has 1 aromatic carbocycles. The molecule has 0 aromatic heterocycles. The lowest BCUT2D eigenvalue weighted by atomic mass is 9.74. The molecule has 0 saturated heterocycles. The van der Waals surface area contributed by atoms with Gasteiger partial charge in [-0.3, -0.25) is 0 Å². The highest BCUT2D eigenvalue weighted by atomic mass is 19.4. The Morgan fingerprint density at radius 1 is 0.885 bits per heavy atom. The predicted molar refractivity (Wildman–Crippen MR) is 88.7 cm³/mol. The van der Waals surface area contributed by atoms with E-state index in [2.05, 4.69) is 0 Å². The van der Waals surface area contributed by atoms with Crippen molar-refractivity contribution in [2.75, 3.05) is 0 Å². The zero-order valence-corrected chi connectivity index (χ0v) is 15.6. The van der Waals surface area contributed by atoms with Crippen LogP contribution in [0.4, 0.5) is 26.3 Å². The molecule has 0 amide bonds. The van der Waals surface area contributed by atoms with Crippen LogP contribution in [0.2, 0.25) is 0 Å². The highest BCUT2D eigenvalue weighted by molar-refractivity contribution is 5.32. The number of rotatable bonds is 5. The normalized spacial score (nSPS) is 16.5. The second-order valence-electron chi connectivity index (χ2n) is 8.08. The Morgan fingerprint density at radius 2 is 1.31 bits per heavy atom. The summed E-state index contributed by atoms with van der Waals surface area (Å²) in [6.07, 6.45) is -10.2. The quantitative estimate of drug-likeness (QED) is 0.570. The molecule has 26 heavy (non-hydrogen) atoms. The minimum Gasteiger partial charge on any atom is -0.369 e. The maximum atomic E-state index is 13.0. The van der Waals surface area contributed by atoms with E-state index >= 15 is 0 Å². The van der Waals surface area contributed by atoms with Crippen molar-refractivity contribution in [3.63, 3.8) is 0 Å². The van der Waals surface area contributed by atoms with E-state index in [4.69, 9.17) is 0 Å². The molecule has 0 spiro atoms. The fourth-order valence-corrected chi connectivity index (χ4v) is 3.05. The number of aliphatic hydroxyl groups is 1. The minimum absolute atomic E-state index is 0.00100. The highest BCUT2D eigenvalue weighted by Gasteiger charge is 2.71. The third-order valence-electron chi connectivity index (χ3n) is 4.74. The van der Waals surface area contributed by atoms with Gasteiger partial charge in [-0.25, -0.2) is 0 Å². The summed E-state index contributed by atoms with van der Waals surface area (Å²) in [4.78, 5) is 0. The molecular weight excluding hydrogens is 358 g/mol. The molecule has 0 heterocycles. The van der Waals surface area contributed by atoms with Crippen LogP contribution >= 0.6 is 0 Å². The molecule has 1 rings (SSSR count). The van der Waals surface area contributed by atoms with E-state index in [1.54, 1.807) is 0 Å². The van der Waals surface area contributed by atoms with Gasteiger partial charge in [-0.15, -0.1) is 0 Å². The first kappa shape index (κ1) is 22.8. The van der Waals surface area contributed by atoms with Crippen LogP contribution < -0.4 is 0 Å². The standard InChI is InChI=1S/C19H26F6O/c1-6-12(2)15(11-16(3,4)5)13-7-9-14(10-8-13)17(26,18(20,21)22)19(23,24)25/h7-10,12,15,26H,6,11H2,1-5H3. The van der Waals surface area contributed by atoms with Crippen molar-refractivity contribution in [2.24, 2.45) is 11.3 Å². The molecule has 0 aliphatic carbocycles. The molecular formula is C19H26F6O. The van der Waals surface area contributed by atoms with Crippen LogP contribution in [-0.4, -0.2) is 17.5 Å². The van der Waals surface area contributed by atoms with Gasteiger partial charge in [0.25, 0.3) is 5.60 Å². The Morgan fingerprint density at radius 3 is 1.62 bits per heavy atom. The van der Waals surface area contributed by atoms with Gasteiger partial charge in [0.1, 0.15) is 0 Å². The molecule has 7 heteroatoms. The molecule has 0 aliphatic rings. The molecule has 0 radical (unpaired) electrons. The lowest BCUT2D eigenvalue weighted by molar-refractivity contribution is -0.376. The number of benzene rings is 1. The van der Waals surface area contributed by atoms with Crippen molar-refractivity contribution < 1.29 is 31.4 Å². The largest absolute Gasteiger partial charge is 0.430 e. The summed E-state index contributed by atoms with van der Waals surface area (Å²) in [5.41, 5.74) is -5.48. The van der Waals surface area contributed by atoms with E-state index in [9.17, 15) is 31.4 Å². The predicted octanol–water partition coefficient (Wildman–Crippen LogP) is 6.56. The third-order valence-corrected chi connectivity index (χ3v) is 4.74. The van der Waals surface area contributed by atoms with Crippen molar-refractivity contribution >= 4 is 0 Å². The van der Waals surface area contributed by atoms with E-state index < -0.39 is 23.5 Å². The van der Waals surface area contributed by atoms with Gasteiger partial charge in [-0.1, -0.05) is 65.3 Å². The first-order valence-electron chi connectivity index (χ1n) is 8.51. The lowest BCUT2D eigenvalue weighted by Gasteiger charge is -2.34. The van der Waals surface area contributed by atoms with Gasteiger partial charge in [0.05, 0.1) is 0 Å². The number of halogens is 6. The van der Waals surface area contributed by atoms with Crippen LogP contribution in [0, 0.1) is 11.3 Å². The van der Waals surface area contributed by atoms with Crippen LogP contribution in [0.15, 0.2) is 24.3 Å². The average molecular weight is 384 g/mol. The summed E-state index contributed by atoms with van der Waals surface area (Å²) in [6, 6.07) is 3.99. The zero-order valence-electron chi connectivity index (χ0n) is 15.6. The number of alkyl halides is 6. The average Bonchev–Trinajstić information content (AvgIpc) is 2.48. The molecule has 2 atom stereocenters. The van der Waals surface area contributed by atoms with Gasteiger partial charge in [0.2, 0.25) is 0 Å². The van der Waals surface area contributed by atoms with Crippen LogP contribution in [0.3, 0.4) is 0 Å². The van der Waals surface area contributed by atoms with Gasteiger partial charge in [-0.2, -0.15) is 26.3 Å². The van der Waals surface area contributed by atoms with E-state index in [1.807, 2.05) is 34.6 Å². The molecule has 0 saturated carbocycles. The van der Waals surface area contributed by atoms with E-state index in [1.165, 1.54) is 12.1 Å². The smallest absolute Gasteiger partial charge is 0.369 e. The maximum Gasteiger partial charge on any atom is 0.430 e. The summed E-state index contributed by atoms with van der Waals surface area (Å²) in [7, 11) is 0. The van der Waals surface area contributed by atoms with Crippen molar-refractivity contribution in [2.45, 2.75) is 71.3 Å². The first-order valence-corrected chi connectivity index (χ1v) is 8.51. The third kappa shape index (κ3) is 4.72. The molecule has 0 bridgehead atoms. The minimum atomic E-state index is -5.87. The van der Waals surface area contributed by atoms with Crippen LogP contribution in [0.5, 0.6) is 0 Å². The molecule has 0 aliphatic heterocycles. The zero-order chi connectivity index (χ0) is 20.6. The monoisotopic (exact) mass is 384 g/mol. The molecule has 0 fully saturated rings. The van der Waals surface area contributed by atoms with Crippen molar-refractivity contribution in [1.82, 2.24) is 0 Å². The van der Waals surface area contributed by atoms with E-state index in [0.29, 0.717) is 5.56 Å². The van der Waals surface area contributed by atoms with Crippen molar-refractivity contribution in [3.8, 4) is 0 Å². The second kappa shape index (κ2) is 7.41.